The molecule has 0 saturated heterocycles. The highest BCUT2D eigenvalue weighted by Gasteiger charge is 2.15. The average molecular weight is 246 g/mol. The lowest BCUT2D eigenvalue weighted by molar-refractivity contribution is 0.477. The van der Waals surface area contributed by atoms with Gasteiger partial charge in [-0.05, 0) is 41.0 Å². The van der Waals surface area contributed by atoms with Gasteiger partial charge in [0.15, 0.2) is 0 Å². The second-order valence-electron chi connectivity index (χ2n) is 4.47. The molecule has 2 aliphatic carbocycles. The molecular formula is C18H14O. The van der Waals surface area contributed by atoms with E-state index in [1.165, 1.54) is 11.1 Å². The number of para-hydroxylation sites is 1. The fraction of sp³-hybridized carbons (Fsp3) is 0. The number of hydrogen-bond acceptors (Lipinski definition) is 1. The molecule has 0 amide bonds. The summed E-state index contributed by atoms with van der Waals surface area (Å²) in [6.45, 7) is 0. The standard InChI is InChI=1S/C12H8O.C6H6/c13-12-4-2-1-3-11(12)10-6-8-5-9(8)7-10;1-2-4-6-5-3-1/h1-7,13H;1-6H. The third-order valence-corrected chi connectivity index (χ3v) is 3.06. The molecule has 0 fully saturated rings. The van der Waals surface area contributed by atoms with Gasteiger partial charge in [0.05, 0.1) is 0 Å². The van der Waals surface area contributed by atoms with E-state index in [1.54, 1.807) is 6.07 Å². The molecule has 1 heteroatoms. The van der Waals surface area contributed by atoms with E-state index in [2.05, 4.69) is 18.2 Å². The van der Waals surface area contributed by atoms with Crippen molar-refractivity contribution in [3.8, 4) is 28.0 Å². The molecule has 0 heterocycles. The Bertz CT molecular complexity index is 640. The lowest BCUT2D eigenvalue weighted by Gasteiger charge is -2.00. The highest BCUT2D eigenvalue weighted by Crippen LogP contribution is 2.42. The second kappa shape index (κ2) is 4.99. The van der Waals surface area contributed by atoms with E-state index in [1.807, 2.05) is 54.6 Å². The molecule has 2 aromatic rings. The Morgan fingerprint density at radius 1 is 0.526 bits per heavy atom. The molecule has 1 nitrogen and oxygen atoms in total. The molecule has 0 aliphatic heterocycles. The van der Waals surface area contributed by atoms with Crippen LogP contribution in [0.2, 0.25) is 0 Å². The van der Waals surface area contributed by atoms with Gasteiger partial charge < -0.3 is 5.11 Å². The molecule has 2 aromatic carbocycles. The molecule has 92 valence electrons. The van der Waals surface area contributed by atoms with Crippen molar-refractivity contribution in [2.45, 2.75) is 0 Å². The van der Waals surface area contributed by atoms with Crippen LogP contribution in [-0.4, -0.2) is 5.11 Å². The summed E-state index contributed by atoms with van der Waals surface area (Å²) in [5.41, 5.74) is 4.64. The first-order valence-corrected chi connectivity index (χ1v) is 6.28. The molecule has 1 N–H and O–H groups in total. The van der Waals surface area contributed by atoms with Crippen molar-refractivity contribution in [1.29, 1.82) is 0 Å². The number of phenols is 1. The fourth-order valence-electron chi connectivity index (χ4n) is 2.02. The van der Waals surface area contributed by atoms with Crippen LogP contribution in [0.3, 0.4) is 0 Å². The number of fused-ring (bicyclic) bond motifs is 1. The first-order valence-electron chi connectivity index (χ1n) is 6.28. The smallest absolute Gasteiger partial charge is 0.123 e. The second-order valence-corrected chi connectivity index (χ2v) is 4.47. The van der Waals surface area contributed by atoms with E-state index in [9.17, 15) is 5.11 Å². The highest BCUT2D eigenvalue weighted by atomic mass is 16.3. The summed E-state index contributed by atoms with van der Waals surface area (Å²) in [5, 5.41) is 9.58. The molecule has 4 rings (SSSR count). The van der Waals surface area contributed by atoms with Gasteiger partial charge >= 0.3 is 0 Å². The fourth-order valence-corrected chi connectivity index (χ4v) is 2.02. The van der Waals surface area contributed by atoms with Gasteiger partial charge in [-0.2, -0.15) is 0 Å². The largest absolute Gasteiger partial charge is 0.507 e. The maximum Gasteiger partial charge on any atom is 0.123 e. The summed E-state index contributed by atoms with van der Waals surface area (Å²) in [4.78, 5) is 0. The highest BCUT2D eigenvalue weighted by molar-refractivity contribution is 5.90. The van der Waals surface area contributed by atoms with Gasteiger partial charge in [0.2, 0.25) is 0 Å². The zero-order chi connectivity index (χ0) is 13.1. The number of rotatable bonds is 1. The molecule has 0 saturated carbocycles. The van der Waals surface area contributed by atoms with Crippen LogP contribution < -0.4 is 0 Å². The third kappa shape index (κ3) is 2.66. The van der Waals surface area contributed by atoms with E-state index in [0.717, 1.165) is 11.1 Å². The van der Waals surface area contributed by atoms with Crippen LogP contribution in [0, 0.1) is 0 Å². The van der Waals surface area contributed by atoms with Crippen molar-refractivity contribution in [2.24, 2.45) is 0 Å². The third-order valence-electron chi connectivity index (χ3n) is 3.06. The van der Waals surface area contributed by atoms with Crippen molar-refractivity contribution < 1.29 is 5.11 Å². The maximum atomic E-state index is 9.58. The van der Waals surface area contributed by atoms with Crippen LogP contribution in [-0.2, 0) is 0 Å². The van der Waals surface area contributed by atoms with Crippen LogP contribution in [0.4, 0.5) is 0 Å². The summed E-state index contributed by atoms with van der Waals surface area (Å²) in [6, 6.07) is 25.8. The van der Waals surface area contributed by atoms with E-state index < -0.39 is 0 Å². The van der Waals surface area contributed by atoms with Gasteiger partial charge in [-0.15, -0.1) is 0 Å². The Morgan fingerprint density at radius 2 is 1.00 bits per heavy atom. The molecule has 0 radical (unpaired) electrons. The number of phenolic OH excluding ortho intramolecular Hbond substituents is 1. The lowest BCUT2D eigenvalue weighted by Crippen LogP contribution is -1.73. The average Bonchev–Trinajstić information content (AvgIpc) is 3.08. The molecular weight excluding hydrogens is 232 g/mol. The minimum Gasteiger partial charge on any atom is -0.507 e. The van der Waals surface area contributed by atoms with Gasteiger partial charge in [0.1, 0.15) is 5.75 Å². The summed E-state index contributed by atoms with van der Waals surface area (Å²) >= 11 is 0. The van der Waals surface area contributed by atoms with Gasteiger partial charge in [-0.1, -0.05) is 54.6 Å². The van der Waals surface area contributed by atoms with E-state index in [0.29, 0.717) is 5.75 Å². The lowest BCUT2D eigenvalue weighted by atomic mass is 10.1. The number of hydrogen-bond donors (Lipinski definition) is 1. The quantitative estimate of drug-likeness (QED) is 0.515. The SMILES string of the molecule is Oc1ccccc1-c1cc2cc-2c1.c1ccccc1. The molecule has 0 spiro atoms. The Labute approximate surface area is 112 Å². The van der Waals surface area contributed by atoms with E-state index in [-0.39, 0.29) is 0 Å². The number of aromatic hydroxyl groups is 1. The normalized spacial score (nSPS) is 10.3. The van der Waals surface area contributed by atoms with Crippen molar-refractivity contribution >= 4 is 0 Å². The zero-order valence-electron chi connectivity index (χ0n) is 10.5. The topological polar surface area (TPSA) is 20.2 Å². The maximum absolute atomic E-state index is 9.58. The minimum atomic E-state index is 0.354. The van der Waals surface area contributed by atoms with E-state index in [4.69, 9.17) is 0 Å². The first kappa shape index (κ1) is 11.5. The van der Waals surface area contributed by atoms with Gasteiger partial charge in [-0.3, -0.25) is 0 Å². The zero-order valence-corrected chi connectivity index (χ0v) is 10.5. The molecule has 0 unspecified atom stereocenters. The molecule has 2 aliphatic rings. The molecule has 0 bridgehead atoms. The predicted octanol–water partition coefficient (Wildman–Crippen LogP) is 4.73. The van der Waals surface area contributed by atoms with Crippen LogP contribution in [0.1, 0.15) is 0 Å². The summed E-state index contributed by atoms with van der Waals surface area (Å²) < 4.78 is 0. The van der Waals surface area contributed by atoms with Crippen molar-refractivity contribution in [1.82, 2.24) is 0 Å². The molecule has 19 heavy (non-hydrogen) atoms. The van der Waals surface area contributed by atoms with Gasteiger partial charge in [0.25, 0.3) is 0 Å². The Morgan fingerprint density at radius 3 is 1.53 bits per heavy atom. The number of benzene rings is 3. The Hall–Kier alpha value is -2.54. The summed E-state index contributed by atoms with van der Waals surface area (Å²) in [5.74, 6) is 0.354. The first-order chi connectivity index (χ1) is 9.34. The Balaban J connectivity index is 0.000000155. The van der Waals surface area contributed by atoms with Crippen LogP contribution in [0.25, 0.3) is 22.3 Å². The molecule has 0 atom stereocenters. The van der Waals surface area contributed by atoms with Crippen LogP contribution >= 0.6 is 0 Å². The van der Waals surface area contributed by atoms with Gasteiger partial charge in [0, 0.05) is 5.56 Å². The van der Waals surface area contributed by atoms with Crippen LogP contribution in [0.5, 0.6) is 5.75 Å². The van der Waals surface area contributed by atoms with Crippen molar-refractivity contribution in [2.75, 3.05) is 0 Å². The monoisotopic (exact) mass is 246 g/mol. The predicted molar refractivity (Wildman–Crippen MR) is 79.0 cm³/mol. The van der Waals surface area contributed by atoms with Crippen LogP contribution in [0.15, 0.2) is 78.9 Å². The minimum absolute atomic E-state index is 0.354. The van der Waals surface area contributed by atoms with Gasteiger partial charge in [-0.25, -0.2) is 0 Å². The van der Waals surface area contributed by atoms with Crippen molar-refractivity contribution in [3.05, 3.63) is 78.9 Å². The Kier molecular flexibility index (Phi) is 3.03. The summed E-state index contributed by atoms with van der Waals surface area (Å²) in [6.07, 6.45) is 0. The van der Waals surface area contributed by atoms with Crippen molar-refractivity contribution in [3.63, 3.8) is 0 Å². The van der Waals surface area contributed by atoms with E-state index >= 15 is 0 Å². The molecule has 0 aromatic heterocycles. The summed E-state index contributed by atoms with van der Waals surface area (Å²) in [7, 11) is 0.